The Balaban J connectivity index is 2.66. The van der Waals surface area contributed by atoms with Crippen molar-refractivity contribution >= 4 is 17.5 Å². The molecule has 1 atom stereocenters. The van der Waals surface area contributed by atoms with Crippen LogP contribution in [0.5, 0.6) is 0 Å². The van der Waals surface area contributed by atoms with Gasteiger partial charge in [0.15, 0.2) is 0 Å². The Kier molecular flexibility index (Phi) is 4.12. The summed E-state index contributed by atoms with van der Waals surface area (Å²) in [4.78, 5) is 13.1. The zero-order valence-electron chi connectivity index (χ0n) is 8.90. The van der Waals surface area contributed by atoms with E-state index in [9.17, 15) is 4.79 Å². The van der Waals surface area contributed by atoms with E-state index in [1.54, 1.807) is 24.9 Å². The molecule has 3 nitrogen and oxygen atoms in total. The lowest BCUT2D eigenvalue weighted by molar-refractivity contribution is -0.131. The molecule has 0 fully saturated rings. The number of nitrogens with zero attached hydrogens (tertiary/aromatic N) is 1. The van der Waals surface area contributed by atoms with E-state index in [2.05, 4.69) is 0 Å². The molecule has 0 unspecified atom stereocenters. The molecule has 1 aromatic rings. The summed E-state index contributed by atoms with van der Waals surface area (Å²) in [5, 5.41) is 0.675. The number of carbonyl (C=O) groups is 1. The van der Waals surface area contributed by atoms with E-state index in [1.165, 1.54) is 0 Å². The van der Waals surface area contributed by atoms with Crippen molar-refractivity contribution in [1.82, 2.24) is 4.90 Å². The number of halogens is 1. The average Bonchev–Trinajstić information content (AvgIpc) is 2.16. The van der Waals surface area contributed by atoms with E-state index in [-0.39, 0.29) is 5.91 Å². The Morgan fingerprint density at radius 3 is 2.80 bits per heavy atom. The van der Waals surface area contributed by atoms with Crippen molar-refractivity contribution in [2.45, 2.75) is 19.5 Å². The lowest BCUT2D eigenvalue weighted by atomic mass is 10.2. The van der Waals surface area contributed by atoms with Crippen LogP contribution in [0.15, 0.2) is 24.3 Å². The second-order valence-electron chi connectivity index (χ2n) is 3.61. The van der Waals surface area contributed by atoms with Crippen LogP contribution in [0.3, 0.4) is 0 Å². The Bertz CT molecular complexity index is 352. The first-order valence-electron chi connectivity index (χ1n) is 4.75. The van der Waals surface area contributed by atoms with Crippen LogP contribution >= 0.6 is 11.6 Å². The molecule has 82 valence electrons. The van der Waals surface area contributed by atoms with Gasteiger partial charge in [-0.05, 0) is 24.6 Å². The third-order valence-corrected chi connectivity index (χ3v) is 2.31. The van der Waals surface area contributed by atoms with Gasteiger partial charge in [-0.1, -0.05) is 23.7 Å². The Morgan fingerprint density at radius 1 is 1.60 bits per heavy atom. The number of hydrogen-bond donors (Lipinski definition) is 1. The minimum absolute atomic E-state index is 0.0741. The molecule has 0 heterocycles. The summed E-state index contributed by atoms with van der Waals surface area (Å²) >= 11 is 5.84. The number of nitrogens with two attached hydrogens (primary N) is 1. The molecule has 0 aliphatic heterocycles. The summed E-state index contributed by atoms with van der Waals surface area (Å²) < 4.78 is 0. The van der Waals surface area contributed by atoms with Gasteiger partial charge < -0.3 is 10.6 Å². The fourth-order valence-corrected chi connectivity index (χ4v) is 1.55. The van der Waals surface area contributed by atoms with Gasteiger partial charge in [0.25, 0.3) is 0 Å². The van der Waals surface area contributed by atoms with E-state index in [0.29, 0.717) is 11.6 Å². The smallest absolute Gasteiger partial charge is 0.239 e. The molecule has 0 bridgehead atoms. The van der Waals surface area contributed by atoms with Crippen molar-refractivity contribution in [1.29, 1.82) is 0 Å². The number of rotatable bonds is 3. The topological polar surface area (TPSA) is 46.3 Å². The highest BCUT2D eigenvalue weighted by molar-refractivity contribution is 6.30. The number of benzene rings is 1. The molecular weight excluding hydrogens is 212 g/mol. The van der Waals surface area contributed by atoms with E-state index in [4.69, 9.17) is 17.3 Å². The standard InChI is InChI=1S/C11H15ClN2O/c1-8(13)11(15)14(2)7-9-4-3-5-10(12)6-9/h3-6,8H,7,13H2,1-2H3/t8-/m1/s1. The minimum atomic E-state index is -0.464. The SMILES string of the molecule is C[C@@H](N)C(=O)N(C)Cc1cccc(Cl)c1. The normalized spacial score (nSPS) is 12.3. The van der Waals surface area contributed by atoms with Crippen molar-refractivity contribution < 1.29 is 4.79 Å². The van der Waals surface area contributed by atoms with Gasteiger partial charge >= 0.3 is 0 Å². The summed E-state index contributed by atoms with van der Waals surface area (Å²) in [5.41, 5.74) is 6.50. The molecule has 1 aromatic carbocycles. The fraction of sp³-hybridized carbons (Fsp3) is 0.364. The minimum Gasteiger partial charge on any atom is -0.340 e. The van der Waals surface area contributed by atoms with Gasteiger partial charge in [-0.3, -0.25) is 4.79 Å². The van der Waals surface area contributed by atoms with Gasteiger partial charge in [-0.15, -0.1) is 0 Å². The van der Waals surface area contributed by atoms with E-state index in [1.807, 2.05) is 18.2 Å². The average molecular weight is 227 g/mol. The third-order valence-electron chi connectivity index (χ3n) is 2.07. The Labute approximate surface area is 94.8 Å². The summed E-state index contributed by atoms with van der Waals surface area (Å²) in [5.74, 6) is -0.0741. The van der Waals surface area contributed by atoms with Crippen molar-refractivity contribution in [2.75, 3.05) is 7.05 Å². The summed E-state index contributed by atoms with van der Waals surface area (Å²) in [6.45, 7) is 2.21. The first-order chi connectivity index (χ1) is 7.00. The van der Waals surface area contributed by atoms with Crippen LogP contribution in [0.2, 0.25) is 5.02 Å². The second-order valence-corrected chi connectivity index (χ2v) is 4.05. The highest BCUT2D eigenvalue weighted by Crippen LogP contribution is 2.12. The predicted molar refractivity (Wildman–Crippen MR) is 61.6 cm³/mol. The monoisotopic (exact) mass is 226 g/mol. The van der Waals surface area contributed by atoms with Crippen LogP contribution in [0.1, 0.15) is 12.5 Å². The van der Waals surface area contributed by atoms with Gasteiger partial charge in [0, 0.05) is 18.6 Å². The van der Waals surface area contributed by atoms with E-state index < -0.39 is 6.04 Å². The second kappa shape index (κ2) is 5.14. The van der Waals surface area contributed by atoms with Gasteiger partial charge in [0.1, 0.15) is 0 Å². The quantitative estimate of drug-likeness (QED) is 0.852. The number of carbonyl (C=O) groups excluding carboxylic acids is 1. The zero-order chi connectivity index (χ0) is 11.4. The fourth-order valence-electron chi connectivity index (χ4n) is 1.33. The summed E-state index contributed by atoms with van der Waals surface area (Å²) in [6, 6.07) is 6.97. The number of hydrogen-bond acceptors (Lipinski definition) is 2. The molecule has 0 saturated heterocycles. The van der Waals surface area contributed by atoms with Crippen LogP contribution < -0.4 is 5.73 Å². The van der Waals surface area contributed by atoms with Crippen LogP contribution in [0.25, 0.3) is 0 Å². The molecule has 1 rings (SSSR count). The molecule has 0 aliphatic rings. The lowest BCUT2D eigenvalue weighted by Crippen LogP contribution is -2.39. The zero-order valence-corrected chi connectivity index (χ0v) is 9.66. The van der Waals surface area contributed by atoms with Gasteiger partial charge in [0.05, 0.1) is 6.04 Å². The summed E-state index contributed by atoms with van der Waals surface area (Å²) in [7, 11) is 1.73. The van der Waals surface area contributed by atoms with E-state index >= 15 is 0 Å². The number of likely N-dealkylation sites (N-methyl/N-ethyl adjacent to an activating group) is 1. The molecule has 0 aliphatic carbocycles. The molecule has 15 heavy (non-hydrogen) atoms. The van der Waals surface area contributed by atoms with Crippen molar-refractivity contribution in [2.24, 2.45) is 5.73 Å². The Morgan fingerprint density at radius 2 is 2.27 bits per heavy atom. The van der Waals surface area contributed by atoms with Crippen LogP contribution in [-0.4, -0.2) is 23.9 Å². The van der Waals surface area contributed by atoms with Crippen molar-refractivity contribution in [3.8, 4) is 0 Å². The predicted octanol–water partition coefficient (Wildman–Crippen LogP) is 1.65. The third kappa shape index (κ3) is 3.53. The van der Waals surface area contributed by atoms with Gasteiger partial charge in [0.2, 0.25) is 5.91 Å². The first-order valence-corrected chi connectivity index (χ1v) is 5.13. The van der Waals surface area contributed by atoms with Gasteiger partial charge in [-0.25, -0.2) is 0 Å². The maximum Gasteiger partial charge on any atom is 0.239 e. The molecule has 4 heteroatoms. The molecule has 0 aromatic heterocycles. The molecule has 0 saturated carbocycles. The first kappa shape index (κ1) is 12.0. The van der Waals surface area contributed by atoms with Crippen molar-refractivity contribution in [3.63, 3.8) is 0 Å². The largest absolute Gasteiger partial charge is 0.340 e. The number of amides is 1. The molecule has 0 radical (unpaired) electrons. The highest BCUT2D eigenvalue weighted by atomic mass is 35.5. The van der Waals surface area contributed by atoms with Crippen LogP contribution in [0.4, 0.5) is 0 Å². The highest BCUT2D eigenvalue weighted by Gasteiger charge is 2.13. The molecule has 1 amide bonds. The van der Waals surface area contributed by atoms with Gasteiger partial charge in [-0.2, -0.15) is 0 Å². The maximum atomic E-state index is 11.5. The van der Waals surface area contributed by atoms with Crippen LogP contribution in [0, 0.1) is 0 Å². The molecule has 2 N–H and O–H groups in total. The van der Waals surface area contributed by atoms with Crippen molar-refractivity contribution in [3.05, 3.63) is 34.9 Å². The summed E-state index contributed by atoms with van der Waals surface area (Å²) in [6.07, 6.45) is 0. The lowest BCUT2D eigenvalue weighted by Gasteiger charge is -2.19. The van der Waals surface area contributed by atoms with E-state index in [0.717, 1.165) is 5.56 Å². The van der Waals surface area contributed by atoms with Crippen LogP contribution in [-0.2, 0) is 11.3 Å². The Hall–Kier alpha value is -1.06. The molecular formula is C11H15ClN2O. The maximum absolute atomic E-state index is 11.5. The molecule has 0 spiro atoms.